The van der Waals surface area contributed by atoms with Crippen LogP contribution in [0.3, 0.4) is 0 Å². The van der Waals surface area contributed by atoms with E-state index in [9.17, 15) is 9.90 Å². The fourth-order valence-corrected chi connectivity index (χ4v) is 2.23. The molecule has 0 radical (unpaired) electrons. The topological polar surface area (TPSA) is 72.8 Å². The van der Waals surface area contributed by atoms with Crippen molar-refractivity contribution in [3.05, 3.63) is 45.8 Å². The van der Waals surface area contributed by atoms with Gasteiger partial charge in [0, 0.05) is 10.9 Å². The minimum Gasteiger partial charge on any atom is -0.507 e. The molecule has 1 N–H and O–H groups in total. The number of fused-ring (bicyclic) bond motifs is 1. The summed E-state index contributed by atoms with van der Waals surface area (Å²) in [7, 11) is 1.59. The summed E-state index contributed by atoms with van der Waals surface area (Å²) in [4.78, 5) is 11.7. The van der Waals surface area contributed by atoms with Crippen molar-refractivity contribution in [2.24, 2.45) is 0 Å². The molecule has 108 valence electrons. The molecule has 0 unspecified atom stereocenters. The van der Waals surface area contributed by atoms with Gasteiger partial charge in [0.2, 0.25) is 0 Å². The minimum absolute atomic E-state index is 0.0701. The predicted octanol–water partition coefficient (Wildman–Crippen LogP) is 3.38. The first-order chi connectivity index (χ1) is 10.0. The normalized spacial score (nSPS) is 11.0. The summed E-state index contributed by atoms with van der Waals surface area (Å²) in [5, 5.41) is 10.8. The van der Waals surface area contributed by atoms with Crippen molar-refractivity contribution in [2.75, 3.05) is 7.11 Å². The van der Waals surface area contributed by atoms with E-state index in [-0.39, 0.29) is 17.1 Å². The average Bonchev–Trinajstić information content (AvgIpc) is 2.91. The highest BCUT2D eigenvalue weighted by molar-refractivity contribution is 5.83. The molecule has 1 aromatic carbocycles. The van der Waals surface area contributed by atoms with Crippen LogP contribution in [0.25, 0.3) is 22.5 Å². The van der Waals surface area contributed by atoms with Gasteiger partial charge in [-0.15, -0.1) is 0 Å². The Labute approximate surface area is 120 Å². The number of methoxy groups -OCH3 is 1. The maximum Gasteiger partial charge on any atom is 0.343 e. The number of aromatic hydroxyl groups is 1. The van der Waals surface area contributed by atoms with Crippen LogP contribution in [-0.2, 0) is 0 Å². The Hall–Kier alpha value is -2.69. The van der Waals surface area contributed by atoms with Crippen molar-refractivity contribution >= 4 is 11.0 Å². The SMILES string of the molecule is COc1ccc2oc(-c3oc(=O)c(C)c(O)c3C)cc2c1. The van der Waals surface area contributed by atoms with Crippen LogP contribution in [-0.4, -0.2) is 12.2 Å². The molecule has 2 aromatic heterocycles. The lowest BCUT2D eigenvalue weighted by atomic mass is 10.1. The summed E-state index contributed by atoms with van der Waals surface area (Å²) in [6.45, 7) is 3.19. The number of benzene rings is 1. The highest BCUT2D eigenvalue weighted by Crippen LogP contribution is 2.34. The van der Waals surface area contributed by atoms with Gasteiger partial charge in [0.05, 0.1) is 12.7 Å². The molecule has 3 rings (SSSR count). The van der Waals surface area contributed by atoms with Crippen molar-refractivity contribution in [3.8, 4) is 23.0 Å². The van der Waals surface area contributed by atoms with Crippen LogP contribution in [0.4, 0.5) is 0 Å². The second kappa shape index (κ2) is 4.70. The van der Waals surface area contributed by atoms with Gasteiger partial charge in [0.25, 0.3) is 0 Å². The molecule has 0 spiro atoms. The van der Waals surface area contributed by atoms with Crippen LogP contribution in [0.15, 0.2) is 37.9 Å². The molecule has 0 atom stereocenters. The molecule has 0 amide bonds. The number of rotatable bonds is 2. The van der Waals surface area contributed by atoms with Gasteiger partial charge < -0.3 is 18.7 Å². The molecule has 5 heteroatoms. The third-order valence-electron chi connectivity index (χ3n) is 3.50. The summed E-state index contributed by atoms with van der Waals surface area (Å²) in [6, 6.07) is 7.13. The molecule has 0 aliphatic rings. The average molecular weight is 286 g/mol. The second-order valence-electron chi connectivity index (χ2n) is 4.83. The quantitative estimate of drug-likeness (QED) is 0.781. The fourth-order valence-electron chi connectivity index (χ4n) is 2.23. The zero-order valence-electron chi connectivity index (χ0n) is 11.9. The van der Waals surface area contributed by atoms with E-state index in [4.69, 9.17) is 13.6 Å². The molecule has 0 fully saturated rings. The van der Waals surface area contributed by atoms with Crippen molar-refractivity contribution in [2.45, 2.75) is 13.8 Å². The van der Waals surface area contributed by atoms with Crippen LogP contribution in [0.1, 0.15) is 11.1 Å². The smallest absolute Gasteiger partial charge is 0.343 e. The summed E-state index contributed by atoms with van der Waals surface area (Å²) in [5.41, 5.74) is 0.728. The molecule has 0 saturated carbocycles. The molecular weight excluding hydrogens is 272 g/mol. The predicted molar refractivity (Wildman–Crippen MR) is 77.9 cm³/mol. The third kappa shape index (κ3) is 2.07. The van der Waals surface area contributed by atoms with Gasteiger partial charge in [-0.1, -0.05) is 0 Å². The Morgan fingerprint density at radius 3 is 2.57 bits per heavy atom. The molecule has 0 aliphatic heterocycles. The van der Waals surface area contributed by atoms with Crippen molar-refractivity contribution in [3.63, 3.8) is 0 Å². The summed E-state index contributed by atoms with van der Waals surface area (Å²) >= 11 is 0. The van der Waals surface area contributed by atoms with E-state index in [1.54, 1.807) is 32.2 Å². The fraction of sp³-hybridized carbons (Fsp3) is 0.188. The van der Waals surface area contributed by atoms with Crippen molar-refractivity contribution in [1.29, 1.82) is 0 Å². The highest BCUT2D eigenvalue weighted by atomic mass is 16.5. The second-order valence-corrected chi connectivity index (χ2v) is 4.83. The Kier molecular flexibility index (Phi) is 2.97. The summed E-state index contributed by atoms with van der Waals surface area (Å²) in [5.74, 6) is 1.26. The van der Waals surface area contributed by atoms with Crippen LogP contribution >= 0.6 is 0 Å². The van der Waals surface area contributed by atoms with E-state index in [2.05, 4.69) is 0 Å². The van der Waals surface area contributed by atoms with Crippen LogP contribution in [0.2, 0.25) is 0 Å². The van der Waals surface area contributed by atoms with Crippen molar-refractivity contribution in [1.82, 2.24) is 0 Å². The molecular formula is C16H14O5. The first-order valence-electron chi connectivity index (χ1n) is 6.42. The minimum atomic E-state index is -0.578. The summed E-state index contributed by atoms with van der Waals surface area (Å²) in [6.07, 6.45) is 0. The third-order valence-corrected chi connectivity index (χ3v) is 3.50. The van der Waals surface area contributed by atoms with Gasteiger partial charge in [-0.05, 0) is 38.1 Å². The van der Waals surface area contributed by atoms with Gasteiger partial charge >= 0.3 is 5.63 Å². The lowest BCUT2D eigenvalue weighted by Crippen LogP contribution is -2.05. The maximum atomic E-state index is 11.7. The van der Waals surface area contributed by atoms with Gasteiger partial charge in [0.15, 0.2) is 11.5 Å². The van der Waals surface area contributed by atoms with E-state index < -0.39 is 5.63 Å². The van der Waals surface area contributed by atoms with E-state index >= 15 is 0 Å². The molecule has 0 saturated heterocycles. The maximum absolute atomic E-state index is 11.7. The first kappa shape index (κ1) is 13.3. The molecule has 2 heterocycles. The Morgan fingerprint density at radius 1 is 1.10 bits per heavy atom. The van der Waals surface area contributed by atoms with Crippen molar-refractivity contribution < 1.29 is 18.7 Å². The monoisotopic (exact) mass is 286 g/mol. The van der Waals surface area contributed by atoms with Gasteiger partial charge in [0.1, 0.15) is 17.1 Å². The molecule has 0 bridgehead atoms. The molecule has 5 nitrogen and oxygen atoms in total. The molecule has 3 aromatic rings. The Balaban J connectivity index is 2.23. The first-order valence-corrected chi connectivity index (χ1v) is 6.42. The van der Waals surface area contributed by atoms with E-state index in [0.717, 1.165) is 5.39 Å². The van der Waals surface area contributed by atoms with E-state index in [1.165, 1.54) is 6.92 Å². The summed E-state index contributed by atoms with van der Waals surface area (Å²) < 4.78 is 16.1. The van der Waals surface area contributed by atoms with Crippen LogP contribution < -0.4 is 10.4 Å². The van der Waals surface area contributed by atoms with E-state index in [1.807, 2.05) is 6.07 Å². The lowest BCUT2D eigenvalue weighted by molar-refractivity contribution is 0.415. The number of hydrogen-bond donors (Lipinski definition) is 1. The lowest BCUT2D eigenvalue weighted by Gasteiger charge is -2.05. The number of hydrogen-bond acceptors (Lipinski definition) is 5. The largest absolute Gasteiger partial charge is 0.507 e. The number of ether oxygens (including phenoxy) is 1. The Morgan fingerprint density at radius 2 is 1.86 bits per heavy atom. The standard InChI is InChI=1S/C16H14O5/c1-8-14(17)9(2)16(18)21-15(8)13-7-10-6-11(19-3)4-5-12(10)20-13/h4-7,17H,1-3H3. The zero-order chi connectivity index (χ0) is 15.1. The molecule has 21 heavy (non-hydrogen) atoms. The van der Waals surface area contributed by atoms with Gasteiger partial charge in [-0.25, -0.2) is 4.79 Å². The number of furan rings is 1. The highest BCUT2D eigenvalue weighted by Gasteiger charge is 2.18. The van der Waals surface area contributed by atoms with Crippen LogP contribution in [0, 0.1) is 13.8 Å². The van der Waals surface area contributed by atoms with Crippen LogP contribution in [0.5, 0.6) is 11.5 Å². The Bertz CT molecular complexity index is 886. The van der Waals surface area contributed by atoms with E-state index in [0.29, 0.717) is 22.7 Å². The zero-order valence-corrected chi connectivity index (χ0v) is 11.9. The molecule has 0 aliphatic carbocycles. The van der Waals surface area contributed by atoms with Gasteiger partial charge in [-0.3, -0.25) is 0 Å². The van der Waals surface area contributed by atoms with Gasteiger partial charge in [-0.2, -0.15) is 0 Å².